The van der Waals surface area contributed by atoms with E-state index in [0.717, 1.165) is 57.8 Å². The van der Waals surface area contributed by atoms with Gasteiger partial charge >= 0.3 is 5.97 Å². The maximum Gasteiger partial charge on any atom is 0.313 e. The third-order valence-electron chi connectivity index (χ3n) is 12.9. The van der Waals surface area contributed by atoms with Crippen LogP contribution in [0.4, 0.5) is 0 Å². The zero-order valence-electron chi connectivity index (χ0n) is 22.3. The van der Waals surface area contributed by atoms with Gasteiger partial charge in [0.2, 0.25) is 0 Å². The van der Waals surface area contributed by atoms with Crippen molar-refractivity contribution in [2.24, 2.45) is 50.2 Å². The Morgan fingerprint density at radius 1 is 0.882 bits per heavy atom. The molecule has 0 aromatic heterocycles. The average Bonchev–Trinajstić information content (AvgIpc) is 2.76. The molecule has 2 N–H and O–H groups in total. The van der Waals surface area contributed by atoms with Crippen molar-refractivity contribution in [3.05, 3.63) is 11.6 Å². The summed E-state index contributed by atoms with van der Waals surface area (Å²) in [4.78, 5) is 25.7. The van der Waals surface area contributed by atoms with Gasteiger partial charge in [-0.05, 0) is 97.2 Å². The van der Waals surface area contributed by atoms with Crippen LogP contribution in [0.3, 0.4) is 0 Å². The fraction of sp³-hybridized carbons (Fsp3) is 0.867. The molecule has 0 bridgehead atoms. The highest BCUT2D eigenvalue weighted by Crippen LogP contribution is 2.76. The number of aliphatic hydroxyl groups excluding tert-OH is 1. The summed E-state index contributed by atoms with van der Waals surface area (Å²) in [5.74, 6) is 0.712. The van der Waals surface area contributed by atoms with Crippen LogP contribution < -0.4 is 0 Å². The zero-order valence-corrected chi connectivity index (χ0v) is 22.3. The smallest absolute Gasteiger partial charge is 0.313 e. The second kappa shape index (κ2) is 7.20. The number of allylic oxidation sites excluding steroid dienone is 1. The Labute approximate surface area is 206 Å². The molecule has 5 aliphatic rings. The molecule has 8 atom stereocenters. The van der Waals surface area contributed by atoms with Crippen LogP contribution in [0.15, 0.2) is 11.6 Å². The Morgan fingerprint density at radius 3 is 2.21 bits per heavy atom. The lowest BCUT2D eigenvalue weighted by molar-refractivity contribution is -0.217. The number of fused-ring (bicyclic) bond motifs is 7. The number of hydrogen-bond acceptors (Lipinski definition) is 3. The summed E-state index contributed by atoms with van der Waals surface area (Å²) in [5, 5.41) is 20.8. The molecule has 0 spiro atoms. The Balaban J connectivity index is 1.59. The minimum atomic E-state index is -0.670. The summed E-state index contributed by atoms with van der Waals surface area (Å²) in [5.41, 5.74) is 0.249. The lowest BCUT2D eigenvalue weighted by atomic mass is 9.32. The van der Waals surface area contributed by atoms with E-state index in [1.54, 1.807) is 0 Å². The number of carbonyl (C=O) groups excluding carboxylic acids is 1. The molecule has 5 aliphatic carbocycles. The highest BCUT2D eigenvalue weighted by atomic mass is 16.4. The highest BCUT2D eigenvalue weighted by Gasteiger charge is 2.70. The van der Waals surface area contributed by atoms with Crippen LogP contribution in [-0.4, -0.2) is 28.6 Å². The van der Waals surface area contributed by atoms with E-state index in [1.165, 1.54) is 5.57 Å². The van der Waals surface area contributed by atoms with Crippen molar-refractivity contribution in [3.8, 4) is 0 Å². The largest absolute Gasteiger partial charge is 0.481 e. The van der Waals surface area contributed by atoms with E-state index in [0.29, 0.717) is 18.3 Å². The summed E-state index contributed by atoms with van der Waals surface area (Å²) in [6.07, 6.45) is 11.6. The molecule has 4 fully saturated rings. The van der Waals surface area contributed by atoms with E-state index in [1.807, 2.05) is 6.92 Å². The first-order valence-corrected chi connectivity index (χ1v) is 13.8. The molecule has 4 nitrogen and oxygen atoms in total. The maximum absolute atomic E-state index is 13.0. The fourth-order valence-corrected chi connectivity index (χ4v) is 10.5. The normalized spacial score (nSPS) is 51.9. The summed E-state index contributed by atoms with van der Waals surface area (Å²) in [6, 6.07) is 0. The number of aliphatic hydroxyl groups is 1. The summed E-state index contributed by atoms with van der Waals surface area (Å²) < 4.78 is 0. The molecule has 0 aromatic carbocycles. The van der Waals surface area contributed by atoms with Gasteiger partial charge in [0.1, 0.15) is 5.78 Å². The molecule has 34 heavy (non-hydrogen) atoms. The second-order valence-electron chi connectivity index (χ2n) is 14.6. The number of hydrogen-bond donors (Lipinski definition) is 2. The lowest BCUT2D eigenvalue weighted by Gasteiger charge is -2.71. The van der Waals surface area contributed by atoms with Gasteiger partial charge in [0.15, 0.2) is 0 Å². The van der Waals surface area contributed by atoms with Crippen LogP contribution in [0.5, 0.6) is 0 Å². The third kappa shape index (κ3) is 2.81. The fourth-order valence-electron chi connectivity index (χ4n) is 10.5. The molecule has 4 saturated carbocycles. The van der Waals surface area contributed by atoms with E-state index in [9.17, 15) is 19.8 Å². The monoisotopic (exact) mass is 470 g/mol. The summed E-state index contributed by atoms with van der Waals surface area (Å²) in [6.45, 7) is 13.9. The number of carboxylic acid groups (broad SMARTS) is 1. The number of carboxylic acids is 1. The SMILES string of the molecule is CC1(C)C=C2C3CCC4C5(C)CCC(=O)C(C)(CO)C5CCC4(C)C3(C)CCC2(C(=O)O)CC1. The van der Waals surface area contributed by atoms with Crippen LogP contribution in [0.25, 0.3) is 0 Å². The Morgan fingerprint density at radius 2 is 1.56 bits per heavy atom. The van der Waals surface area contributed by atoms with Gasteiger partial charge in [0.05, 0.1) is 17.4 Å². The van der Waals surface area contributed by atoms with Crippen molar-refractivity contribution in [2.45, 2.75) is 106 Å². The van der Waals surface area contributed by atoms with E-state index in [2.05, 4.69) is 40.7 Å². The molecular weight excluding hydrogens is 424 g/mol. The molecule has 0 saturated heterocycles. The van der Waals surface area contributed by atoms with Crippen molar-refractivity contribution >= 4 is 11.8 Å². The molecular formula is C30H46O4. The quantitative estimate of drug-likeness (QED) is 0.457. The number of Topliss-reactive ketones (excluding diaryl/α,β-unsaturated/α-hetero) is 1. The van der Waals surface area contributed by atoms with Gasteiger partial charge in [0, 0.05) is 6.42 Å². The number of carbonyl (C=O) groups is 2. The minimum absolute atomic E-state index is 0.0431. The predicted octanol–water partition coefficient (Wildman–Crippen LogP) is 6.41. The standard InChI is InChI=1S/C30H46O4/c1-25(2)13-15-30(24(33)34)16-14-28(5)19(20(30)17-25)7-8-22-26(3)11-10-23(32)27(4,18-31)21(26)9-12-29(22,28)6/h17,19,21-22,31H,7-16,18H2,1-6H3,(H,33,34). The maximum atomic E-state index is 13.0. The van der Waals surface area contributed by atoms with Gasteiger partial charge < -0.3 is 10.2 Å². The van der Waals surface area contributed by atoms with Crippen LogP contribution in [0.2, 0.25) is 0 Å². The van der Waals surface area contributed by atoms with Gasteiger partial charge in [0.25, 0.3) is 0 Å². The number of rotatable bonds is 2. The first-order chi connectivity index (χ1) is 15.7. The van der Waals surface area contributed by atoms with Gasteiger partial charge in [-0.3, -0.25) is 9.59 Å². The molecule has 0 aromatic rings. The molecule has 4 heteroatoms. The predicted molar refractivity (Wildman–Crippen MR) is 133 cm³/mol. The van der Waals surface area contributed by atoms with E-state index >= 15 is 0 Å². The van der Waals surface area contributed by atoms with E-state index in [4.69, 9.17) is 0 Å². The third-order valence-corrected chi connectivity index (χ3v) is 12.9. The van der Waals surface area contributed by atoms with Crippen molar-refractivity contribution in [2.75, 3.05) is 6.61 Å². The zero-order chi connectivity index (χ0) is 24.9. The minimum Gasteiger partial charge on any atom is -0.481 e. The van der Waals surface area contributed by atoms with Gasteiger partial charge in [-0.1, -0.05) is 53.2 Å². The molecule has 5 rings (SSSR count). The average molecular weight is 471 g/mol. The molecule has 0 aliphatic heterocycles. The Kier molecular flexibility index (Phi) is 5.20. The Hall–Kier alpha value is -1.16. The molecule has 0 amide bonds. The van der Waals surface area contributed by atoms with Crippen LogP contribution in [0, 0.1) is 50.2 Å². The van der Waals surface area contributed by atoms with Crippen LogP contribution >= 0.6 is 0 Å². The van der Waals surface area contributed by atoms with E-state index < -0.39 is 16.8 Å². The lowest BCUT2D eigenvalue weighted by Crippen LogP contribution is -2.66. The van der Waals surface area contributed by atoms with Crippen molar-refractivity contribution in [1.82, 2.24) is 0 Å². The van der Waals surface area contributed by atoms with Crippen molar-refractivity contribution in [1.29, 1.82) is 0 Å². The van der Waals surface area contributed by atoms with E-state index in [-0.39, 0.29) is 40.0 Å². The van der Waals surface area contributed by atoms with Gasteiger partial charge in [-0.15, -0.1) is 0 Å². The first-order valence-electron chi connectivity index (χ1n) is 13.8. The number of aliphatic carboxylic acids is 1. The van der Waals surface area contributed by atoms with Crippen molar-refractivity contribution < 1.29 is 19.8 Å². The van der Waals surface area contributed by atoms with Crippen LogP contribution in [0.1, 0.15) is 106 Å². The van der Waals surface area contributed by atoms with Crippen LogP contribution in [-0.2, 0) is 9.59 Å². The summed E-state index contributed by atoms with van der Waals surface area (Å²) in [7, 11) is 0. The first kappa shape index (κ1) is 24.5. The Bertz CT molecular complexity index is 949. The molecule has 0 radical (unpaired) electrons. The highest BCUT2D eigenvalue weighted by molar-refractivity contribution is 5.86. The second-order valence-corrected chi connectivity index (χ2v) is 14.6. The molecule has 0 heterocycles. The molecule has 8 unspecified atom stereocenters. The van der Waals surface area contributed by atoms with Gasteiger partial charge in [-0.25, -0.2) is 0 Å². The number of ketones is 1. The van der Waals surface area contributed by atoms with Gasteiger partial charge in [-0.2, -0.15) is 0 Å². The summed E-state index contributed by atoms with van der Waals surface area (Å²) >= 11 is 0. The topological polar surface area (TPSA) is 74.6 Å². The molecule has 190 valence electrons. The van der Waals surface area contributed by atoms with Crippen molar-refractivity contribution in [3.63, 3.8) is 0 Å².